The Kier molecular flexibility index (Phi) is 8.88. The molecule has 4 N–H and O–H groups in total. The highest BCUT2D eigenvalue weighted by Crippen LogP contribution is 2.42. The Labute approximate surface area is 268 Å². The lowest BCUT2D eigenvalue weighted by Gasteiger charge is -2.18. The third-order valence-electron chi connectivity index (χ3n) is 7.24. The highest BCUT2D eigenvalue weighted by atomic mass is 19.1. The first kappa shape index (κ1) is 30.9. The van der Waals surface area contributed by atoms with Gasteiger partial charge in [0.25, 0.3) is 0 Å². The van der Waals surface area contributed by atoms with Crippen molar-refractivity contribution in [3.8, 4) is 34.5 Å². The van der Waals surface area contributed by atoms with Crippen LogP contribution in [-0.2, 0) is 11.3 Å². The van der Waals surface area contributed by atoms with E-state index in [1.54, 1.807) is 41.8 Å². The fraction of sp³-hybridized carbons (Fsp3) is 0.147. The molecule has 0 aliphatic rings. The first-order valence-electron chi connectivity index (χ1n) is 14.6. The van der Waals surface area contributed by atoms with Gasteiger partial charge in [-0.2, -0.15) is 0 Å². The number of fused-ring (bicyclic) bond motifs is 1. The van der Waals surface area contributed by atoms with E-state index >= 15 is 4.39 Å². The third-order valence-corrected chi connectivity index (χ3v) is 7.24. The number of hydrogen-bond donors (Lipinski definition) is 3. The van der Waals surface area contributed by atoms with Crippen molar-refractivity contribution in [2.75, 3.05) is 24.3 Å². The van der Waals surface area contributed by atoms with Gasteiger partial charge in [0.1, 0.15) is 24.2 Å². The van der Waals surface area contributed by atoms with Crippen LogP contribution >= 0.6 is 0 Å². The molecule has 6 aromatic rings. The molecular weight excluding hydrogens is 605 g/mol. The summed E-state index contributed by atoms with van der Waals surface area (Å²) in [6.45, 7) is 4.48. The number of benzene rings is 3. The largest absolute Gasteiger partial charge is 0.490 e. The van der Waals surface area contributed by atoms with E-state index in [4.69, 9.17) is 19.9 Å². The van der Waals surface area contributed by atoms with Crippen molar-refractivity contribution in [1.29, 1.82) is 0 Å². The summed E-state index contributed by atoms with van der Waals surface area (Å²) in [5.41, 5.74) is 11.7. The molecule has 0 atom stereocenters. The minimum Gasteiger partial charge on any atom is -0.490 e. The highest BCUT2D eigenvalue weighted by molar-refractivity contribution is 5.97. The number of nitrogens with two attached hydrogens (primary N) is 1. The molecule has 6 rings (SSSR count). The number of nitrogen functional groups attached to an aromatic ring is 1. The van der Waals surface area contributed by atoms with Crippen molar-refractivity contribution in [3.05, 3.63) is 108 Å². The van der Waals surface area contributed by atoms with Crippen molar-refractivity contribution >= 4 is 28.6 Å². The number of nitrogens with zero attached hydrogens (tertiary/aromatic N) is 5. The van der Waals surface area contributed by atoms with Crippen LogP contribution in [0.4, 0.5) is 20.7 Å². The Morgan fingerprint density at radius 3 is 2.57 bits per heavy atom. The lowest BCUT2D eigenvalue weighted by molar-refractivity contribution is 0.0891. The lowest BCUT2D eigenvalue weighted by Crippen LogP contribution is -2.10. The minimum absolute atomic E-state index is 0.0156. The average Bonchev–Trinajstić information content (AvgIpc) is 3.35. The standard InChI is InChI=1S/C34H30FN7O5/c1-20-12-13-37-33(40-20)47-27-11-9-24(17-26(27)35)42-30(21(2)29-31(42)32(36)39-19-38-29)25-10-8-23(41-34(43)44)16-28(25)46-15-14-45-18-22-6-4-3-5-7-22/h3-13,16-17,19,41H,14-15,18H2,1-2H3,(H,43,44)(H2,36,38,39). The zero-order chi connectivity index (χ0) is 32.9. The number of aromatic nitrogens is 5. The number of anilines is 2. The van der Waals surface area contributed by atoms with Crippen LogP contribution < -0.4 is 20.5 Å². The fourth-order valence-electron chi connectivity index (χ4n) is 5.16. The molecule has 0 aliphatic carbocycles. The molecule has 3 heterocycles. The molecule has 0 fully saturated rings. The zero-order valence-corrected chi connectivity index (χ0v) is 25.5. The Morgan fingerprint density at radius 1 is 0.979 bits per heavy atom. The van der Waals surface area contributed by atoms with Crippen molar-refractivity contribution in [3.63, 3.8) is 0 Å². The summed E-state index contributed by atoms with van der Waals surface area (Å²) < 4.78 is 35.0. The number of carboxylic acid groups (broad SMARTS) is 1. The maximum absolute atomic E-state index is 15.6. The van der Waals surface area contributed by atoms with Gasteiger partial charge < -0.3 is 29.6 Å². The van der Waals surface area contributed by atoms with E-state index in [1.807, 2.05) is 37.3 Å². The number of aryl methyl sites for hydroxylation is 2. The molecule has 0 aliphatic heterocycles. The number of nitrogens with one attached hydrogen (secondary N) is 1. The van der Waals surface area contributed by atoms with Gasteiger partial charge >= 0.3 is 12.1 Å². The maximum Gasteiger partial charge on any atom is 0.409 e. The molecule has 238 valence electrons. The highest BCUT2D eigenvalue weighted by Gasteiger charge is 2.24. The smallest absolute Gasteiger partial charge is 0.409 e. The second kappa shape index (κ2) is 13.5. The van der Waals surface area contributed by atoms with E-state index in [1.165, 1.54) is 24.7 Å². The number of halogens is 1. The van der Waals surface area contributed by atoms with Crippen molar-refractivity contribution in [1.82, 2.24) is 24.5 Å². The summed E-state index contributed by atoms with van der Waals surface area (Å²) in [5, 5.41) is 11.7. The van der Waals surface area contributed by atoms with E-state index in [0.717, 1.165) is 5.56 Å². The van der Waals surface area contributed by atoms with Gasteiger partial charge in [-0.15, -0.1) is 0 Å². The van der Waals surface area contributed by atoms with E-state index in [-0.39, 0.29) is 30.8 Å². The van der Waals surface area contributed by atoms with E-state index < -0.39 is 11.9 Å². The molecule has 1 amide bonds. The Balaban J connectivity index is 1.40. The van der Waals surface area contributed by atoms with Crippen molar-refractivity contribution in [2.24, 2.45) is 0 Å². The van der Waals surface area contributed by atoms with Crippen LogP contribution in [0.15, 0.2) is 85.3 Å². The van der Waals surface area contributed by atoms with Gasteiger partial charge in [-0.1, -0.05) is 30.3 Å². The number of amides is 1. The number of ether oxygens (including phenoxy) is 3. The zero-order valence-electron chi connectivity index (χ0n) is 25.5. The first-order chi connectivity index (χ1) is 22.8. The van der Waals surface area contributed by atoms with E-state index in [2.05, 4.69) is 25.3 Å². The van der Waals surface area contributed by atoms with E-state index in [9.17, 15) is 9.90 Å². The Hall–Kier alpha value is -6.08. The van der Waals surface area contributed by atoms with E-state index in [0.29, 0.717) is 57.3 Å². The van der Waals surface area contributed by atoms with Crippen LogP contribution in [0.5, 0.6) is 17.5 Å². The monoisotopic (exact) mass is 635 g/mol. The van der Waals surface area contributed by atoms with Gasteiger partial charge in [-0.25, -0.2) is 29.1 Å². The van der Waals surface area contributed by atoms with Gasteiger partial charge in [0.05, 0.1) is 24.4 Å². The molecule has 0 spiro atoms. The Morgan fingerprint density at radius 2 is 1.81 bits per heavy atom. The molecule has 0 unspecified atom stereocenters. The topological polar surface area (TPSA) is 160 Å². The van der Waals surface area contributed by atoms with Gasteiger partial charge in [0, 0.05) is 46.5 Å². The quantitative estimate of drug-likeness (QED) is 0.131. The van der Waals surface area contributed by atoms with Crippen LogP contribution in [0.1, 0.15) is 16.8 Å². The molecule has 3 aromatic heterocycles. The molecule has 13 heteroatoms. The van der Waals surface area contributed by atoms with Crippen molar-refractivity contribution in [2.45, 2.75) is 20.5 Å². The lowest BCUT2D eigenvalue weighted by atomic mass is 10.1. The summed E-state index contributed by atoms with van der Waals surface area (Å²) in [7, 11) is 0. The molecule has 0 bridgehead atoms. The van der Waals surface area contributed by atoms with Crippen LogP contribution in [-0.4, -0.2) is 48.9 Å². The number of carbonyl (C=O) groups is 1. The molecule has 0 radical (unpaired) electrons. The summed E-state index contributed by atoms with van der Waals surface area (Å²) in [6.07, 6.45) is 1.66. The summed E-state index contributed by atoms with van der Waals surface area (Å²) >= 11 is 0. The molecule has 12 nitrogen and oxygen atoms in total. The predicted molar refractivity (Wildman–Crippen MR) is 173 cm³/mol. The number of hydrogen-bond acceptors (Lipinski definition) is 9. The third kappa shape index (κ3) is 6.79. The summed E-state index contributed by atoms with van der Waals surface area (Å²) in [4.78, 5) is 28.4. The molecule has 0 saturated heterocycles. The van der Waals surface area contributed by atoms with Crippen molar-refractivity contribution < 1.29 is 28.5 Å². The normalized spacial score (nSPS) is 11.0. The summed E-state index contributed by atoms with van der Waals surface area (Å²) in [6, 6.07) is 20.8. The van der Waals surface area contributed by atoms with Gasteiger partial charge in [-0.3, -0.25) is 5.32 Å². The van der Waals surface area contributed by atoms with Crippen LogP contribution in [0.25, 0.3) is 28.0 Å². The number of rotatable bonds is 11. The molecular formula is C34H30FN7O5. The maximum atomic E-state index is 15.6. The fourth-order valence-corrected chi connectivity index (χ4v) is 5.16. The first-order valence-corrected chi connectivity index (χ1v) is 14.6. The SMILES string of the molecule is Cc1ccnc(Oc2ccc(-n3c(-c4ccc(NC(=O)O)cc4OCCOCc4ccccc4)c(C)c4ncnc(N)c43)cc2F)n1. The van der Waals surface area contributed by atoms with Gasteiger partial charge in [0.2, 0.25) is 0 Å². The second-order valence-electron chi connectivity index (χ2n) is 10.5. The minimum atomic E-state index is -1.22. The summed E-state index contributed by atoms with van der Waals surface area (Å²) in [5.74, 6) is -0.196. The average molecular weight is 636 g/mol. The molecule has 3 aromatic carbocycles. The van der Waals surface area contributed by atoms with Crippen LogP contribution in [0.2, 0.25) is 0 Å². The van der Waals surface area contributed by atoms with Gasteiger partial charge in [0.15, 0.2) is 17.4 Å². The van der Waals surface area contributed by atoms with Gasteiger partial charge in [-0.05, 0) is 49.7 Å². The molecule has 47 heavy (non-hydrogen) atoms. The van der Waals surface area contributed by atoms with Crippen LogP contribution in [0.3, 0.4) is 0 Å². The van der Waals surface area contributed by atoms with Crippen LogP contribution in [0, 0.1) is 19.7 Å². The predicted octanol–water partition coefficient (Wildman–Crippen LogP) is 6.69. The Bertz CT molecular complexity index is 2070. The second-order valence-corrected chi connectivity index (χ2v) is 10.5. The molecule has 0 saturated carbocycles.